The minimum atomic E-state index is 0.0856. The van der Waals surface area contributed by atoms with Gasteiger partial charge in [0.25, 0.3) is 0 Å². The lowest BCUT2D eigenvalue weighted by atomic mass is 10.3. The van der Waals surface area contributed by atoms with Gasteiger partial charge in [0, 0.05) is 31.0 Å². The highest BCUT2D eigenvalue weighted by atomic mass is 16.3. The van der Waals surface area contributed by atoms with Crippen LogP contribution in [0.15, 0.2) is 35.2 Å². The number of rotatable bonds is 3. The molecule has 0 aliphatic heterocycles. The van der Waals surface area contributed by atoms with E-state index in [9.17, 15) is 0 Å². The summed E-state index contributed by atoms with van der Waals surface area (Å²) in [6.07, 6.45) is 5.46. The van der Waals surface area contributed by atoms with Crippen molar-refractivity contribution in [2.45, 2.75) is 6.42 Å². The molecule has 0 bridgehead atoms. The maximum absolute atomic E-state index is 8.71. The van der Waals surface area contributed by atoms with Crippen LogP contribution in [0.25, 0.3) is 11.5 Å². The number of oxazole rings is 1. The molecule has 1 N–H and O–H groups in total. The molecule has 14 heavy (non-hydrogen) atoms. The van der Waals surface area contributed by atoms with Gasteiger partial charge < -0.3 is 9.52 Å². The summed E-state index contributed by atoms with van der Waals surface area (Å²) < 4.78 is 5.25. The van der Waals surface area contributed by atoms with Crippen molar-refractivity contribution in [2.75, 3.05) is 6.61 Å². The Morgan fingerprint density at radius 3 is 2.79 bits per heavy atom. The van der Waals surface area contributed by atoms with Crippen LogP contribution in [0.4, 0.5) is 0 Å². The van der Waals surface area contributed by atoms with Crippen molar-refractivity contribution in [2.24, 2.45) is 0 Å². The normalized spacial score (nSPS) is 10.4. The quantitative estimate of drug-likeness (QED) is 0.791. The van der Waals surface area contributed by atoms with Crippen LogP contribution >= 0.6 is 0 Å². The van der Waals surface area contributed by atoms with Crippen molar-refractivity contribution in [3.05, 3.63) is 36.5 Å². The summed E-state index contributed by atoms with van der Waals surface area (Å²) in [5.74, 6) is 0.566. The SMILES string of the molecule is OCCc1coc(-c2ccncc2)n1. The second-order valence-electron chi connectivity index (χ2n) is 2.85. The molecule has 0 radical (unpaired) electrons. The lowest BCUT2D eigenvalue weighted by molar-refractivity contribution is 0.298. The Hall–Kier alpha value is -1.68. The van der Waals surface area contributed by atoms with E-state index in [1.807, 2.05) is 12.1 Å². The maximum atomic E-state index is 8.71. The number of hydrogen-bond acceptors (Lipinski definition) is 4. The Kier molecular flexibility index (Phi) is 2.55. The lowest BCUT2D eigenvalue weighted by Crippen LogP contribution is -1.90. The molecule has 72 valence electrons. The Morgan fingerprint density at radius 1 is 1.29 bits per heavy atom. The minimum Gasteiger partial charge on any atom is -0.444 e. The van der Waals surface area contributed by atoms with Gasteiger partial charge in [-0.1, -0.05) is 0 Å². The van der Waals surface area contributed by atoms with E-state index in [1.165, 1.54) is 0 Å². The summed E-state index contributed by atoms with van der Waals surface area (Å²) in [5, 5.41) is 8.71. The maximum Gasteiger partial charge on any atom is 0.226 e. The first-order valence-electron chi connectivity index (χ1n) is 4.36. The summed E-state index contributed by atoms with van der Waals surface area (Å²) in [6.45, 7) is 0.0856. The highest BCUT2D eigenvalue weighted by Crippen LogP contribution is 2.17. The van der Waals surface area contributed by atoms with Crippen LogP contribution in [0.1, 0.15) is 5.69 Å². The van der Waals surface area contributed by atoms with Gasteiger partial charge in [-0.15, -0.1) is 0 Å². The molecule has 2 heterocycles. The van der Waals surface area contributed by atoms with Gasteiger partial charge in [0.05, 0.1) is 5.69 Å². The number of hydrogen-bond donors (Lipinski definition) is 1. The van der Waals surface area contributed by atoms with E-state index < -0.39 is 0 Å². The fourth-order valence-electron chi connectivity index (χ4n) is 1.16. The first-order valence-corrected chi connectivity index (χ1v) is 4.36. The second-order valence-corrected chi connectivity index (χ2v) is 2.85. The van der Waals surface area contributed by atoms with Crippen molar-refractivity contribution >= 4 is 0 Å². The zero-order chi connectivity index (χ0) is 9.80. The van der Waals surface area contributed by atoms with Crippen LogP contribution in [0.3, 0.4) is 0 Å². The average Bonchev–Trinajstić information content (AvgIpc) is 2.68. The van der Waals surface area contributed by atoms with E-state index >= 15 is 0 Å². The van der Waals surface area contributed by atoms with Crippen LogP contribution in [0, 0.1) is 0 Å². The molecule has 0 aliphatic rings. The summed E-state index contributed by atoms with van der Waals surface area (Å²) in [5.41, 5.74) is 1.66. The summed E-state index contributed by atoms with van der Waals surface area (Å²) in [4.78, 5) is 8.12. The van der Waals surface area contributed by atoms with Crippen molar-refractivity contribution in [3.8, 4) is 11.5 Å². The van der Waals surface area contributed by atoms with Crippen molar-refractivity contribution in [3.63, 3.8) is 0 Å². The number of aliphatic hydroxyl groups excluding tert-OH is 1. The summed E-state index contributed by atoms with van der Waals surface area (Å²) in [6, 6.07) is 3.66. The number of nitrogens with zero attached hydrogens (tertiary/aromatic N) is 2. The molecule has 0 unspecified atom stereocenters. The van der Waals surface area contributed by atoms with Gasteiger partial charge in [0.15, 0.2) is 0 Å². The fourth-order valence-corrected chi connectivity index (χ4v) is 1.16. The van der Waals surface area contributed by atoms with E-state index in [-0.39, 0.29) is 6.61 Å². The van der Waals surface area contributed by atoms with Gasteiger partial charge in [0.1, 0.15) is 6.26 Å². The number of aromatic nitrogens is 2. The van der Waals surface area contributed by atoms with E-state index in [4.69, 9.17) is 9.52 Å². The van der Waals surface area contributed by atoms with Crippen molar-refractivity contribution in [1.82, 2.24) is 9.97 Å². The van der Waals surface area contributed by atoms with E-state index in [1.54, 1.807) is 18.7 Å². The zero-order valence-electron chi connectivity index (χ0n) is 7.55. The number of aliphatic hydroxyl groups is 1. The molecule has 2 aromatic heterocycles. The second kappa shape index (κ2) is 4.02. The average molecular weight is 190 g/mol. The molecule has 0 aromatic carbocycles. The first-order chi connectivity index (χ1) is 6.90. The highest BCUT2D eigenvalue weighted by Gasteiger charge is 2.04. The third-order valence-corrected chi connectivity index (χ3v) is 1.85. The molecule has 0 fully saturated rings. The van der Waals surface area contributed by atoms with Crippen molar-refractivity contribution in [1.29, 1.82) is 0 Å². The summed E-state index contributed by atoms with van der Waals surface area (Å²) in [7, 11) is 0. The monoisotopic (exact) mass is 190 g/mol. The van der Waals surface area contributed by atoms with Crippen molar-refractivity contribution < 1.29 is 9.52 Å². The Bertz CT molecular complexity index is 398. The standard InChI is InChI=1S/C10H10N2O2/c13-6-3-9-7-14-10(12-9)8-1-4-11-5-2-8/h1-2,4-5,7,13H,3,6H2. The van der Waals surface area contributed by atoms with Gasteiger partial charge in [-0.3, -0.25) is 4.98 Å². The molecule has 0 amide bonds. The topological polar surface area (TPSA) is 59.2 Å². The molecular weight excluding hydrogens is 180 g/mol. The smallest absolute Gasteiger partial charge is 0.226 e. The Balaban J connectivity index is 2.25. The zero-order valence-corrected chi connectivity index (χ0v) is 7.55. The molecule has 0 saturated carbocycles. The van der Waals surface area contributed by atoms with E-state index in [2.05, 4.69) is 9.97 Å². The third-order valence-electron chi connectivity index (χ3n) is 1.85. The van der Waals surface area contributed by atoms with Gasteiger partial charge >= 0.3 is 0 Å². The Labute approximate surface area is 81.2 Å². The van der Waals surface area contributed by atoms with Gasteiger partial charge in [0.2, 0.25) is 5.89 Å². The lowest BCUT2D eigenvalue weighted by Gasteiger charge is -1.91. The molecular formula is C10H10N2O2. The Morgan fingerprint density at radius 2 is 2.07 bits per heavy atom. The van der Waals surface area contributed by atoms with E-state index in [0.29, 0.717) is 12.3 Å². The van der Waals surface area contributed by atoms with Gasteiger partial charge in [-0.2, -0.15) is 0 Å². The molecule has 2 aromatic rings. The van der Waals surface area contributed by atoms with Gasteiger partial charge in [-0.05, 0) is 12.1 Å². The molecule has 0 aliphatic carbocycles. The molecule has 4 heteroatoms. The molecule has 0 saturated heterocycles. The highest BCUT2D eigenvalue weighted by molar-refractivity contribution is 5.51. The van der Waals surface area contributed by atoms with Crippen LogP contribution in [0.5, 0.6) is 0 Å². The van der Waals surface area contributed by atoms with Crippen LogP contribution in [-0.2, 0) is 6.42 Å². The van der Waals surface area contributed by atoms with E-state index in [0.717, 1.165) is 11.3 Å². The third kappa shape index (κ3) is 1.80. The van der Waals surface area contributed by atoms with Crippen LogP contribution in [-0.4, -0.2) is 21.7 Å². The fraction of sp³-hybridized carbons (Fsp3) is 0.200. The summed E-state index contributed by atoms with van der Waals surface area (Å²) >= 11 is 0. The molecule has 0 atom stereocenters. The molecule has 2 rings (SSSR count). The first kappa shape index (κ1) is 8.90. The predicted molar refractivity (Wildman–Crippen MR) is 50.5 cm³/mol. The molecule has 0 spiro atoms. The molecule has 4 nitrogen and oxygen atoms in total. The number of pyridine rings is 1. The largest absolute Gasteiger partial charge is 0.444 e. The minimum absolute atomic E-state index is 0.0856. The predicted octanol–water partition coefficient (Wildman–Crippen LogP) is 1.27. The van der Waals surface area contributed by atoms with Crippen LogP contribution < -0.4 is 0 Å². The van der Waals surface area contributed by atoms with Crippen LogP contribution in [0.2, 0.25) is 0 Å². The van der Waals surface area contributed by atoms with Gasteiger partial charge in [-0.25, -0.2) is 4.98 Å².